The lowest BCUT2D eigenvalue weighted by Gasteiger charge is -2.40. The Bertz CT molecular complexity index is 1620. The van der Waals surface area contributed by atoms with E-state index in [1.165, 1.54) is 22.7 Å². The average molecular weight is 647 g/mol. The van der Waals surface area contributed by atoms with E-state index in [9.17, 15) is 17.6 Å². The fourth-order valence-corrected chi connectivity index (χ4v) is 8.03. The highest BCUT2D eigenvalue weighted by Gasteiger charge is 2.47. The van der Waals surface area contributed by atoms with Crippen molar-refractivity contribution in [2.75, 3.05) is 50.3 Å². The van der Waals surface area contributed by atoms with Crippen molar-refractivity contribution in [1.82, 2.24) is 9.80 Å². The lowest BCUT2D eigenvalue weighted by molar-refractivity contribution is 0.0780. The van der Waals surface area contributed by atoms with Crippen molar-refractivity contribution in [3.63, 3.8) is 0 Å². The molecular formula is C33H38Cl2FN3O3S. The van der Waals surface area contributed by atoms with Gasteiger partial charge < -0.3 is 9.80 Å². The van der Waals surface area contributed by atoms with Crippen molar-refractivity contribution in [3.8, 4) is 0 Å². The fraction of sp³-hybridized carbons (Fsp3) is 0.424. The zero-order valence-electron chi connectivity index (χ0n) is 25.0. The number of hydrogen-bond acceptors (Lipinski definition) is 4. The molecule has 1 spiro atoms. The van der Waals surface area contributed by atoms with Crippen molar-refractivity contribution in [1.29, 1.82) is 0 Å². The van der Waals surface area contributed by atoms with E-state index in [2.05, 4.69) is 11.0 Å². The van der Waals surface area contributed by atoms with Gasteiger partial charge in [0.2, 0.25) is 10.0 Å². The van der Waals surface area contributed by atoms with Gasteiger partial charge in [0.05, 0.1) is 22.0 Å². The normalized spacial score (nSPS) is 17.2. The quantitative estimate of drug-likeness (QED) is 0.270. The summed E-state index contributed by atoms with van der Waals surface area (Å²) in [5.74, 6) is -0.355. The summed E-state index contributed by atoms with van der Waals surface area (Å²) >= 11 is 12.6. The van der Waals surface area contributed by atoms with Gasteiger partial charge in [-0.25, -0.2) is 12.8 Å². The minimum atomic E-state index is -3.48. The van der Waals surface area contributed by atoms with E-state index in [4.69, 9.17) is 23.2 Å². The third kappa shape index (κ3) is 6.88. The van der Waals surface area contributed by atoms with E-state index in [1.807, 2.05) is 45.2 Å². The van der Waals surface area contributed by atoms with Crippen LogP contribution in [0.1, 0.15) is 57.8 Å². The molecule has 3 aromatic rings. The van der Waals surface area contributed by atoms with Gasteiger partial charge in [0.15, 0.2) is 0 Å². The van der Waals surface area contributed by atoms with Crippen molar-refractivity contribution in [2.45, 2.75) is 44.4 Å². The van der Waals surface area contributed by atoms with Gasteiger partial charge in [0, 0.05) is 37.0 Å². The Labute approximate surface area is 264 Å². The molecule has 43 heavy (non-hydrogen) atoms. The van der Waals surface area contributed by atoms with Crippen LogP contribution in [0.4, 0.5) is 10.1 Å². The maximum atomic E-state index is 14.3. The van der Waals surface area contributed by atoms with Crippen LogP contribution in [0.2, 0.25) is 10.0 Å². The highest BCUT2D eigenvalue weighted by atomic mass is 35.5. The highest BCUT2D eigenvalue weighted by molar-refractivity contribution is 7.92. The fourth-order valence-electron chi connectivity index (χ4n) is 6.72. The number of likely N-dealkylation sites (N-methyl/N-ethyl adjacent to an activating group) is 1. The molecule has 230 valence electrons. The third-order valence-corrected chi connectivity index (χ3v) is 10.8. The van der Waals surface area contributed by atoms with Crippen molar-refractivity contribution in [3.05, 3.63) is 98.3 Å². The predicted octanol–water partition coefficient (Wildman–Crippen LogP) is 6.81. The van der Waals surface area contributed by atoms with E-state index >= 15 is 0 Å². The molecule has 2 aliphatic heterocycles. The number of hydrogen-bond donors (Lipinski definition) is 0. The van der Waals surface area contributed by atoms with Crippen LogP contribution in [-0.4, -0.2) is 70.2 Å². The first kappa shape index (κ1) is 31.8. The second kappa shape index (κ2) is 12.4. The van der Waals surface area contributed by atoms with Crippen molar-refractivity contribution >= 4 is 44.8 Å². The number of benzene rings is 3. The van der Waals surface area contributed by atoms with Crippen LogP contribution < -0.4 is 4.31 Å². The van der Waals surface area contributed by atoms with E-state index in [0.29, 0.717) is 34.4 Å². The SMILES string of the molecule is Cc1cc(C)cc(C(=O)N(C)C[C@@H](CCN2CCC3(CC2)CN(S(C)(=O)=O)c2ccc(F)cc23)c2ccc(Cl)c(Cl)c2)c1. The number of amides is 1. The number of aryl methyl sites for hydroxylation is 2. The molecule has 0 radical (unpaired) electrons. The Morgan fingerprint density at radius 1 is 1.00 bits per heavy atom. The Balaban J connectivity index is 1.30. The summed E-state index contributed by atoms with van der Waals surface area (Å²) in [6.07, 6.45) is 3.46. The van der Waals surface area contributed by atoms with Crippen molar-refractivity contribution < 1.29 is 17.6 Å². The number of piperidine rings is 1. The standard InChI is InChI=1S/C33H38Cl2FN3O3S/c1-22-15-23(2)17-26(16-22)32(40)37(3)20-25(24-5-7-29(34)30(35)18-24)9-12-38-13-10-33(11-14-38)21-39(43(4,41)42)31-8-6-27(36)19-28(31)33/h5-8,15-19,25H,9-14,20-21H2,1-4H3/t25-/m1/s1. The second-order valence-electron chi connectivity index (χ2n) is 12.3. The molecule has 0 unspecified atom stereocenters. The summed E-state index contributed by atoms with van der Waals surface area (Å²) in [6, 6.07) is 16.0. The first-order valence-electron chi connectivity index (χ1n) is 14.5. The largest absolute Gasteiger partial charge is 0.341 e. The first-order chi connectivity index (χ1) is 20.3. The minimum Gasteiger partial charge on any atom is -0.341 e. The molecule has 1 saturated heterocycles. The molecule has 6 nitrogen and oxygen atoms in total. The summed E-state index contributed by atoms with van der Waals surface area (Å²) in [5.41, 5.74) is 4.77. The van der Waals surface area contributed by atoms with Crippen LogP contribution in [0.3, 0.4) is 0 Å². The Hall–Kier alpha value is -2.65. The molecular weight excluding hydrogens is 608 g/mol. The van der Waals surface area contributed by atoms with Gasteiger partial charge in [-0.1, -0.05) is 46.5 Å². The zero-order chi connectivity index (χ0) is 31.1. The van der Waals surface area contributed by atoms with Crippen LogP contribution >= 0.6 is 23.2 Å². The molecule has 1 amide bonds. The van der Waals surface area contributed by atoms with Gasteiger partial charge in [0.1, 0.15) is 5.82 Å². The number of rotatable bonds is 8. The molecule has 2 aliphatic rings. The number of likely N-dealkylation sites (tertiary alicyclic amines) is 1. The summed E-state index contributed by atoms with van der Waals surface area (Å²) in [4.78, 5) is 17.6. The molecule has 0 aliphatic carbocycles. The van der Waals surface area contributed by atoms with Crippen molar-refractivity contribution in [2.24, 2.45) is 0 Å². The summed E-state index contributed by atoms with van der Waals surface area (Å²) < 4.78 is 40.9. The lowest BCUT2D eigenvalue weighted by Crippen LogP contribution is -2.46. The first-order valence-corrected chi connectivity index (χ1v) is 17.1. The lowest BCUT2D eigenvalue weighted by atomic mass is 9.74. The summed E-state index contributed by atoms with van der Waals surface area (Å²) in [7, 11) is -1.64. The van der Waals surface area contributed by atoms with Crippen LogP contribution in [0.15, 0.2) is 54.6 Å². The Morgan fingerprint density at radius 3 is 2.30 bits per heavy atom. The van der Waals surface area contributed by atoms with Gasteiger partial charge in [-0.15, -0.1) is 0 Å². The zero-order valence-corrected chi connectivity index (χ0v) is 27.4. The predicted molar refractivity (Wildman–Crippen MR) is 173 cm³/mol. The van der Waals surface area contributed by atoms with Crippen LogP contribution in [0.25, 0.3) is 0 Å². The van der Waals surface area contributed by atoms with E-state index in [-0.39, 0.29) is 17.6 Å². The van der Waals surface area contributed by atoms with Gasteiger partial charge in [-0.3, -0.25) is 9.10 Å². The molecule has 1 atom stereocenters. The maximum Gasteiger partial charge on any atom is 0.253 e. The number of anilines is 1. The van der Waals surface area contributed by atoms with E-state index in [1.54, 1.807) is 17.0 Å². The molecule has 2 heterocycles. The molecule has 3 aromatic carbocycles. The number of halogens is 3. The number of carbonyl (C=O) groups excluding carboxylic acids is 1. The maximum absolute atomic E-state index is 14.3. The van der Waals surface area contributed by atoms with E-state index in [0.717, 1.165) is 61.2 Å². The van der Waals surface area contributed by atoms with Gasteiger partial charge in [-0.2, -0.15) is 0 Å². The molecule has 1 fully saturated rings. The van der Waals surface area contributed by atoms with Crippen LogP contribution in [0.5, 0.6) is 0 Å². The van der Waals surface area contributed by atoms with Crippen LogP contribution in [0, 0.1) is 19.7 Å². The summed E-state index contributed by atoms with van der Waals surface area (Å²) in [5, 5.41) is 0.969. The Morgan fingerprint density at radius 2 is 1.67 bits per heavy atom. The smallest absolute Gasteiger partial charge is 0.253 e. The monoisotopic (exact) mass is 645 g/mol. The molecule has 0 N–H and O–H groups in total. The van der Waals surface area contributed by atoms with Gasteiger partial charge in [0.25, 0.3) is 5.91 Å². The Kier molecular flexibility index (Phi) is 9.15. The molecule has 0 aromatic heterocycles. The third-order valence-electron chi connectivity index (χ3n) is 8.98. The summed E-state index contributed by atoms with van der Waals surface area (Å²) in [6.45, 7) is 7.15. The molecule has 0 bridgehead atoms. The highest BCUT2D eigenvalue weighted by Crippen LogP contribution is 2.48. The minimum absolute atomic E-state index is 0.0209. The van der Waals surface area contributed by atoms with Crippen LogP contribution in [-0.2, 0) is 15.4 Å². The van der Waals surface area contributed by atoms with E-state index < -0.39 is 15.4 Å². The average Bonchev–Trinajstić information content (AvgIpc) is 3.26. The molecule has 10 heteroatoms. The van der Waals surface area contributed by atoms with Gasteiger partial charge >= 0.3 is 0 Å². The molecule has 5 rings (SSSR count). The molecule has 0 saturated carbocycles. The second-order valence-corrected chi connectivity index (χ2v) is 15.0. The number of sulfonamides is 1. The van der Waals surface area contributed by atoms with Gasteiger partial charge in [-0.05, 0) is 106 Å². The number of carbonyl (C=O) groups is 1. The topological polar surface area (TPSA) is 60.9 Å². The number of nitrogens with zero attached hydrogens (tertiary/aromatic N) is 3. The number of fused-ring (bicyclic) bond motifs is 2.